The van der Waals surface area contributed by atoms with Crippen LogP contribution >= 0.6 is 0 Å². The van der Waals surface area contributed by atoms with Gasteiger partial charge < -0.3 is 15.4 Å². The van der Waals surface area contributed by atoms with E-state index < -0.39 is 12.0 Å². The van der Waals surface area contributed by atoms with E-state index in [4.69, 9.17) is 4.74 Å². The van der Waals surface area contributed by atoms with Crippen LogP contribution in [-0.4, -0.2) is 52.6 Å². The molecule has 1 aromatic heterocycles. The first-order valence-electron chi connectivity index (χ1n) is 9.89. The highest BCUT2D eigenvalue weighted by atomic mass is 19.1. The first-order valence-corrected chi connectivity index (χ1v) is 9.89. The fourth-order valence-electron chi connectivity index (χ4n) is 3.46. The number of carbonyl (C=O) groups is 2. The fraction of sp³-hybridized carbons (Fsp3) is 0.273. The van der Waals surface area contributed by atoms with Gasteiger partial charge in [0.05, 0.1) is 25.2 Å². The van der Waals surface area contributed by atoms with Crippen LogP contribution in [0.1, 0.15) is 28.3 Å². The van der Waals surface area contributed by atoms with Crippen molar-refractivity contribution in [3.05, 3.63) is 77.9 Å². The molecule has 1 amide bonds. The Balaban J connectivity index is 1.34. The summed E-state index contributed by atoms with van der Waals surface area (Å²) in [7, 11) is 1.28. The molecule has 9 heteroatoms. The van der Waals surface area contributed by atoms with Gasteiger partial charge in [0, 0.05) is 24.1 Å². The van der Waals surface area contributed by atoms with Gasteiger partial charge in [-0.1, -0.05) is 17.3 Å². The van der Waals surface area contributed by atoms with E-state index in [-0.39, 0.29) is 30.2 Å². The Morgan fingerprint density at radius 2 is 1.94 bits per heavy atom. The number of halogens is 1. The van der Waals surface area contributed by atoms with Crippen LogP contribution in [0.2, 0.25) is 0 Å². The molecule has 1 heterocycles. The first kappa shape index (κ1) is 20.7. The maximum atomic E-state index is 13.1. The van der Waals surface area contributed by atoms with Crippen LogP contribution in [-0.2, 0) is 9.53 Å². The molecule has 3 aromatic rings. The number of amides is 1. The maximum Gasteiger partial charge on any atom is 0.329 e. The van der Waals surface area contributed by atoms with Gasteiger partial charge in [0.15, 0.2) is 0 Å². The van der Waals surface area contributed by atoms with Crippen molar-refractivity contribution in [1.29, 1.82) is 0 Å². The molecular formula is C22H22FN5O3. The molecule has 1 saturated carbocycles. The summed E-state index contributed by atoms with van der Waals surface area (Å²) in [5.74, 6) is -0.914. The van der Waals surface area contributed by atoms with E-state index in [0.29, 0.717) is 5.56 Å². The number of benzene rings is 2. The summed E-state index contributed by atoms with van der Waals surface area (Å²) in [4.78, 5) is 24.8. The average Bonchev–Trinajstić information content (AvgIpc) is 3.35. The van der Waals surface area contributed by atoms with Crippen LogP contribution < -0.4 is 10.6 Å². The Morgan fingerprint density at radius 3 is 2.58 bits per heavy atom. The zero-order valence-corrected chi connectivity index (χ0v) is 16.9. The number of rotatable bonds is 8. The molecule has 2 N–H and O–H groups in total. The molecule has 0 bridgehead atoms. The molecule has 31 heavy (non-hydrogen) atoms. The minimum absolute atomic E-state index is 0.163. The number of nitrogens with one attached hydrogen (secondary N) is 2. The molecule has 0 saturated heterocycles. The molecule has 8 nitrogen and oxygen atoms in total. The standard InChI is InChI=1S/C22H22FN5O3/c1-31-22(30)20(13-24-19-12-18(19)14-2-6-16(23)7-3-14)26-21(29)15-4-8-17(9-5-15)28-11-10-25-27-28/h2-11,18-20,24H,12-13H2,1H3,(H,26,29)/t18-,19+,20?/m0/s1. The summed E-state index contributed by atoms with van der Waals surface area (Å²) in [6.07, 6.45) is 4.15. The van der Waals surface area contributed by atoms with E-state index in [0.717, 1.165) is 17.7 Å². The van der Waals surface area contributed by atoms with Gasteiger partial charge >= 0.3 is 5.97 Å². The Bertz CT molecular complexity index is 1040. The number of nitrogens with zero attached hydrogens (tertiary/aromatic N) is 3. The van der Waals surface area contributed by atoms with Crippen LogP contribution in [0.3, 0.4) is 0 Å². The van der Waals surface area contributed by atoms with Crippen LogP contribution in [0.4, 0.5) is 4.39 Å². The second kappa shape index (κ2) is 9.05. The van der Waals surface area contributed by atoms with Crippen molar-refractivity contribution >= 4 is 11.9 Å². The number of hydrogen-bond donors (Lipinski definition) is 2. The van der Waals surface area contributed by atoms with Crippen LogP contribution in [0, 0.1) is 5.82 Å². The van der Waals surface area contributed by atoms with Gasteiger partial charge in [-0.15, -0.1) is 5.10 Å². The van der Waals surface area contributed by atoms with Gasteiger partial charge in [-0.25, -0.2) is 13.9 Å². The summed E-state index contributed by atoms with van der Waals surface area (Å²) in [6, 6.07) is 12.5. The first-order chi connectivity index (χ1) is 15.0. The van der Waals surface area contributed by atoms with E-state index in [9.17, 15) is 14.0 Å². The molecule has 1 unspecified atom stereocenters. The van der Waals surface area contributed by atoms with E-state index >= 15 is 0 Å². The zero-order valence-electron chi connectivity index (χ0n) is 16.9. The lowest BCUT2D eigenvalue weighted by atomic mass is 10.1. The lowest BCUT2D eigenvalue weighted by molar-refractivity contribution is -0.142. The van der Waals surface area contributed by atoms with Crippen molar-refractivity contribution in [3.8, 4) is 5.69 Å². The highest BCUT2D eigenvalue weighted by Gasteiger charge is 2.38. The minimum Gasteiger partial charge on any atom is -0.467 e. The van der Waals surface area contributed by atoms with Crippen LogP contribution in [0.5, 0.6) is 0 Å². The Labute approximate surface area is 178 Å². The van der Waals surface area contributed by atoms with Gasteiger partial charge in [0.25, 0.3) is 5.91 Å². The van der Waals surface area contributed by atoms with E-state index in [1.807, 2.05) is 0 Å². The van der Waals surface area contributed by atoms with Crippen LogP contribution in [0.25, 0.3) is 5.69 Å². The highest BCUT2D eigenvalue weighted by Crippen LogP contribution is 2.40. The smallest absolute Gasteiger partial charge is 0.329 e. The largest absolute Gasteiger partial charge is 0.467 e. The summed E-state index contributed by atoms with van der Waals surface area (Å²) in [5, 5.41) is 13.7. The van der Waals surface area contributed by atoms with Crippen molar-refractivity contribution < 1.29 is 18.7 Å². The summed E-state index contributed by atoms with van der Waals surface area (Å²) < 4.78 is 19.5. The fourth-order valence-corrected chi connectivity index (χ4v) is 3.46. The number of esters is 1. The Kier molecular flexibility index (Phi) is 6.03. The summed E-state index contributed by atoms with van der Waals surface area (Å²) in [6.45, 7) is 0.234. The van der Waals surface area contributed by atoms with Gasteiger partial charge in [0.1, 0.15) is 11.9 Å². The number of aromatic nitrogens is 3. The highest BCUT2D eigenvalue weighted by molar-refractivity contribution is 5.97. The van der Waals surface area contributed by atoms with Crippen molar-refractivity contribution in [3.63, 3.8) is 0 Å². The predicted molar refractivity (Wildman–Crippen MR) is 110 cm³/mol. The molecule has 1 fully saturated rings. The second-order valence-electron chi connectivity index (χ2n) is 7.35. The molecule has 4 rings (SSSR count). The zero-order chi connectivity index (χ0) is 21.8. The maximum absolute atomic E-state index is 13.1. The molecule has 0 aliphatic heterocycles. The molecule has 0 radical (unpaired) electrons. The van der Waals surface area contributed by atoms with Crippen molar-refractivity contribution in [2.24, 2.45) is 0 Å². The molecule has 160 valence electrons. The van der Waals surface area contributed by atoms with Crippen molar-refractivity contribution in [1.82, 2.24) is 25.6 Å². The van der Waals surface area contributed by atoms with Crippen molar-refractivity contribution in [2.45, 2.75) is 24.4 Å². The Hall–Kier alpha value is -3.59. The number of hydrogen-bond acceptors (Lipinski definition) is 6. The number of methoxy groups -OCH3 is 1. The van der Waals surface area contributed by atoms with E-state index in [1.54, 1.807) is 53.5 Å². The average molecular weight is 423 g/mol. The van der Waals surface area contributed by atoms with Crippen LogP contribution in [0.15, 0.2) is 60.9 Å². The third kappa shape index (κ3) is 4.95. The summed E-state index contributed by atoms with van der Waals surface area (Å²) in [5.41, 5.74) is 2.22. The molecule has 2 aromatic carbocycles. The van der Waals surface area contributed by atoms with Gasteiger partial charge in [0.2, 0.25) is 0 Å². The summed E-state index contributed by atoms with van der Waals surface area (Å²) >= 11 is 0. The van der Waals surface area contributed by atoms with Gasteiger partial charge in [-0.05, 0) is 48.4 Å². The lowest BCUT2D eigenvalue weighted by Gasteiger charge is -2.17. The third-order valence-corrected chi connectivity index (χ3v) is 5.28. The van der Waals surface area contributed by atoms with Gasteiger partial charge in [-0.2, -0.15) is 0 Å². The number of carbonyl (C=O) groups excluding carboxylic acids is 2. The SMILES string of the molecule is COC(=O)C(CN[C@@H]1C[C@H]1c1ccc(F)cc1)NC(=O)c1ccc(-n2ccnn2)cc1. The third-order valence-electron chi connectivity index (χ3n) is 5.28. The lowest BCUT2D eigenvalue weighted by Crippen LogP contribution is -2.48. The Morgan fingerprint density at radius 1 is 1.19 bits per heavy atom. The number of ether oxygens (including phenoxy) is 1. The van der Waals surface area contributed by atoms with Gasteiger partial charge in [-0.3, -0.25) is 4.79 Å². The second-order valence-corrected chi connectivity index (χ2v) is 7.35. The molecule has 1 aliphatic rings. The topological polar surface area (TPSA) is 98.1 Å². The predicted octanol–water partition coefficient (Wildman–Crippen LogP) is 1.82. The molecule has 0 spiro atoms. The normalized spacial score (nSPS) is 18.3. The van der Waals surface area contributed by atoms with Crippen molar-refractivity contribution in [2.75, 3.05) is 13.7 Å². The van der Waals surface area contributed by atoms with E-state index in [1.165, 1.54) is 19.2 Å². The molecular weight excluding hydrogens is 401 g/mol. The molecule has 3 atom stereocenters. The quantitative estimate of drug-likeness (QED) is 0.537. The van der Waals surface area contributed by atoms with E-state index in [2.05, 4.69) is 20.9 Å². The molecule has 1 aliphatic carbocycles. The minimum atomic E-state index is -0.832. The monoisotopic (exact) mass is 423 g/mol.